The second kappa shape index (κ2) is 15.3. The van der Waals surface area contributed by atoms with Crippen molar-refractivity contribution in [1.29, 1.82) is 0 Å². The quantitative estimate of drug-likeness (QED) is 0.165. The molecule has 0 radical (unpaired) electrons. The third-order valence-electron chi connectivity index (χ3n) is 15.3. The molecule has 0 atom stereocenters. The van der Waals surface area contributed by atoms with Crippen LogP contribution in [0.3, 0.4) is 0 Å². The van der Waals surface area contributed by atoms with E-state index in [1.54, 1.807) is 0 Å². The van der Waals surface area contributed by atoms with E-state index >= 15 is 0 Å². The van der Waals surface area contributed by atoms with Crippen molar-refractivity contribution < 1.29 is 0 Å². The van der Waals surface area contributed by atoms with Crippen LogP contribution in [0.25, 0.3) is 148 Å². The SMILES string of the molecule is C1=Cc2c(c3ccccc3c3ccc(-c4cc5c(-c6ccc7c8ccccc8c8ccccc8c7c6)cc(-c6ccc(-c7nc8ccccc8c8ccccc78)cc6)nc5c5ccccc45)cc23)CC1. The average Bonchev–Trinajstić information content (AvgIpc) is 3.44. The van der Waals surface area contributed by atoms with Crippen molar-refractivity contribution in [3.63, 3.8) is 0 Å². The summed E-state index contributed by atoms with van der Waals surface area (Å²) in [6, 6.07) is 80.5. The maximum Gasteiger partial charge on any atom is 0.0794 e. The van der Waals surface area contributed by atoms with Gasteiger partial charge in [0.05, 0.1) is 22.4 Å². The Labute approximate surface area is 404 Å². The molecule has 0 N–H and O–H groups in total. The first kappa shape index (κ1) is 39.1. The predicted octanol–water partition coefficient (Wildman–Crippen LogP) is 18.5. The van der Waals surface area contributed by atoms with Crippen molar-refractivity contribution in [3.8, 4) is 44.8 Å². The van der Waals surface area contributed by atoms with E-state index in [0.29, 0.717) is 0 Å². The predicted molar refractivity (Wildman–Crippen MR) is 299 cm³/mol. The average molecular weight is 887 g/mol. The lowest BCUT2D eigenvalue weighted by molar-refractivity contribution is 1.00. The summed E-state index contributed by atoms with van der Waals surface area (Å²) in [5, 5.41) is 19.9. The topological polar surface area (TPSA) is 25.8 Å². The molecule has 2 heterocycles. The van der Waals surface area contributed by atoms with E-state index < -0.39 is 0 Å². The fourth-order valence-corrected chi connectivity index (χ4v) is 12.0. The molecule has 324 valence electrons. The lowest BCUT2D eigenvalue weighted by Crippen LogP contribution is -1.98. The number of fused-ring (bicyclic) bond motifs is 18. The molecular weight excluding hydrogens is 845 g/mol. The number of para-hydroxylation sites is 1. The van der Waals surface area contributed by atoms with Crippen molar-refractivity contribution in [2.24, 2.45) is 0 Å². The molecule has 70 heavy (non-hydrogen) atoms. The Balaban J connectivity index is 0.982. The van der Waals surface area contributed by atoms with Gasteiger partial charge >= 0.3 is 0 Å². The molecule has 1 aliphatic rings. The maximum atomic E-state index is 5.66. The van der Waals surface area contributed by atoms with Crippen LogP contribution in [-0.4, -0.2) is 9.97 Å². The van der Waals surface area contributed by atoms with E-state index in [1.807, 2.05) is 0 Å². The van der Waals surface area contributed by atoms with Crippen LogP contribution < -0.4 is 0 Å². The van der Waals surface area contributed by atoms with E-state index in [1.165, 1.54) is 92.3 Å². The van der Waals surface area contributed by atoms with Crippen LogP contribution in [0.15, 0.2) is 224 Å². The smallest absolute Gasteiger partial charge is 0.0794 e. The third kappa shape index (κ3) is 5.87. The molecule has 15 rings (SSSR count). The van der Waals surface area contributed by atoms with Crippen molar-refractivity contribution in [2.75, 3.05) is 0 Å². The summed E-state index contributed by atoms with van der Waals surface area (Å²) in [4.78, 5) is 10.9. The van der Waals surface area contributed by atoms with Gasteiger partial charge in [-0.25, -0.2) is 9.97 Å². The standard InChI is InChI=1S/C68H42N2/c1-3-19-49-45(15-1)47-17-5-7-21-51(47)62-37-43(33-35-55(49)62)60-39-64-61(44-34-36-56-50-20-4-2-16-46(50)48-18-6-8-22-52(48)63(56)38-44)40-66(70-68(64)59-27-12-10-24-54(59)60)41-29-31-42(32-30-41)67-58-26-11-9-23-53(58)57-25-13-14-28-65(57)69-67/h1-4,6-16,18-40H,5,17H2. The normalized spacial score (nSPS) is 12.7. The minimum atomic E-state index is 0.933. The Morgan fingerprint density at radius 2 is 0.771 bits per heavy atom. The molecule has 12 aromatic carbocycles. The van der Waals surface area contributed by atoms with E-state index in [9.17, 15) is 0 Å². The monoisotopic (exact) mass is 886 g/mol. The molecule has 0 amide bonds. The number of aromatic nitrogens is 2. The van der Waals surface area contributed by atoms with Gasteiger partial charge in [-0.15, -0.1) is 0 Å². The summed E-state index contributed by atoms with van der Waals surface area (Å²) >= 11 is 0. The fraction of sp³-hybridized carbons (Fsp3) is 0.0294. The van der Waals surface area contributed by atoms with Gasteiger partial charge in [-0.1, -0.05) is 200 Å². The second-order valence-electron chi connectivity index (χ2n) is 19.0. The molecule has 2 aromatic heterocycles. The Bertz CT molecular complexity index is 4540. The number of rotatable bonds is 4. The van der Waals surface area contributed by atoms with Gasteiger partial charge in [0.2, 0.25) is 0 Å². The highest BCUT2D eigenvalue weighted by molar-refractivity contribution is 6.26. The lowest BCUT2D eigenvalue weighted by atomic mass is 9.85. The zero-order valence-corrected chi connectivity index (χ0v) is 38.2. The second-order valence-corrected chi connectivity index (χ2v) is 19.0. The van der Waals surface area contributed by atoms with Crippen LogP contribution in [0.5, 0.6) is 0 Å². The van der Waals surface area contributed by atoms with Crippen LogP contribution in [-0.2, 0) is 6.42 Å². The molecule has 0 saturated carbocycles. The number of allylic oxidation sites excluding steroid dienone is 1. The largest absolute Gasteiger partial charge is 0.247 e. The third-order valence-corrected chi connectivity index (χ3v) is 15.3. The van der Waals surface area contributed by atoms with Crippen molar-refractivity contribution >= 4 is 103 Å². The minimum absolute atomic E-state index is 0.933. The molecule has 0 aliphatic heterocycles. The molecule has 2 nitrogen and oxygen atoms in total. The van der Waals surface area contributed by atoms with Crippen molar-refractivity contribution in [1.82, 2.24) is 9.97 Å². The first-order valence-electron chi connectivity index (χ1n) is 24.4. The summed E-state index contributed by atoms with van der Waals surface area (Å²) in [5.41, 5.74) is 13.6. The van der Waals surface area contributed by atoms with Gasteiger partial charge in [0.1, 0.15) is 0 Å². The molecule has 14 aromatic rings. The van der Waals surface area contributed by atoms with E-state index in [4.69, 9.17) is 9.97 Å². The highest BCUT2D eigenvalue weighted by atomic mass is 14.7. The molecule has 2 heteroatoms. The van der Waals surface area contributed by atoms with Crippen molar-refractivity contribution in [2.45, 2.75) is 12.8 Å². The van der Waals surface area contributed by atoms with Gasteiger partial charge in [0.15, 0.2) is 0 Å². The van der Waals surface area contributed by atoms with Gasteiger partial charge in [0.25, 0.3) is 0 Å². The summed E-state index contributed by atoms with van der Waals surface area (Å²) in [5.74, 6) is 0. The number of benzene rings is 12. The molecule has 0 bridgehead atoms. The molecular formula is C68H42N2. The van der Waals surface area contributed by atoms with Gasteiger partial charge in [-0.05, 0) is 141 Å². The van der Waals surface area contributed by atoms with Crippen LogP contribution in [0.4, 0.5) is 0 Å². The number of pyridine rings is 2. The number of hydrogen-bond acceptors (Lipinski definition) is 2. The van der Waals surface area contributed by atoms with E-state index in [2.05, 4.69) is 231 Å². The van der Waals surface area contributed by atoms with E-state index in [0.717, 1.165) is 73.7 Å². The Hall–Kier alpha value is -8.98. The molecule has 0 saturated heterocycles. The molecule has 0 unspecified atom stereocenters. The van der Waals surface area contributed by atoms with Gasteiger partial charge < -0.3 is 0 Å². The molecule has 1 aliphatic carbocycles. The first-order chi connectivity index (χ1) is 34.7. The number of hydrogen-bond donors (Lipinski definition) is 0. The van der Waals surface area contributed by atoms with Crippen LogP contribution in [0.2, 0.25) is 0 Å². The fourth-order valence-electron chi connectivity index (χ4n) is 12.0. The Kier molecular flexibility index (Phi) is 8.52. The van der Waals surface area contributed by atoms with Crippen LogP contribution >= 0.6 is 0 Å². The van der Waals surface area contributed by atoms with Gasteiger partial charge in [-0.2, -0.15) is 0 Å². The zero-order chi connectivity index (χ0) is 45.9. The molecule has 0 spiro atoms. The van der Waals surface area contributed by atoms with Crippen LogP contribution in [0.1, 0.15) is 17.5 Å². The van der Waals surface area contributed by atoms with Gasteiger partial charge in [-0.3, -0.25) is 0 Å². The minimum Gasteiger partial charge on any atom is -0.247 e. The summed E-state index contributed by atoms with van der Waals surface area (Å²) < 4.78 is 0. The highest BCUT2D eigenvalue weighted by Gasteiger charge is 2.20. The number of nitrogens with zero attached hydrogens (tertiary/aromatic N) is 2. The highest BCUT2D eigenvalue weighted by Crippen LogP contribution is 2.45. The Morgan fingerprint density at radius 3 is 1.46 bits per heavy atom. The van der Waals surface area contributed by atoms with Gasteiger partial charge in [0, 0.05) is 32.7 Å². The van der Waals surface area contributed by atoms with Crippen molar-refractivity contribution in [3.05, 3.63) is 236 Å². The zero-order valence-electron chi connectivity index (χ0n) is 38.2. The van der Waals surface area contributed by atoms with Crippen LogP contribution in [0, 0.1) is 0 Å². The summed E-state index contributed by atoms with van der Waals surface area (Å²) in [7, 11) is 0. The van der Waals surface area contributed by atoms with E-state index in [-0.39, 0.29) is 0 Å². The molecule has 0 fully saturated rings. The first-order valence-corrected chi connectivity index (χ1v) is 24.4. The summed E-state index contributed by atoms with van der Waals surface area (Å²) in [6.45, 7) is 0. The number of aryl methyl sites for hydroxylation is 1. The Morgan fingerprint density at radius 1 is 0.300 bits per heavy atom. The lowest BCUT2D eigenvalue weighted by Gasteiger charge is -2.20. The maximum absolute atomic E-state index is 5.66. The summed E-state index contributed by atoms with van der Waals surface area (Å²) in [6.07, 6.45) is 6.83.